The molecule has 0 saturated carbocycles. The molecule has 0 atom stereocenters. The van der Waals surface area contributed by atoms with Crippen LogP contribution in [0.2, 0.25) is 0 Å². The molecule has 1 heterocycles. The lowest BCUT2D eigenvalue weighted by Crippen LogP contribution is -2.17. The lowest BCUT2D eigenvalue weighted by molar-refractivity contribution is 0.101. The Morgan fingerprint density at radius 2 is 2.40 bits per heavy atom. The largest absolute Gasteiger partial charge is 0.294 e. The third kappa shape index (κ3) is 1.07. The van der Waals surface area contributed by atoms with E-state index in [1.807, 2.05) is 5.10 Å². The van der Waals surface area contributed by atoms with Gasteiger partial charge in [-0.3, -0.25) is 9.59 Å². The number of H-pyrrole nitrogens is 1. The lowest BCUT2D eigenvalue weighted by Gasteiger charge is -1.87. The number of carbonyl (C=O) groups excluding carboxylic acids is 1. The molecule has 0 unspecified atom stereocenters. The number of rotatable bonds is 1. The quantitative estimate of drug-likeness (QED) is 0.525. The van der Waals surface area contributed by atoms with E-state index >= 15 is 0 Å². The van der Waals surface area contributed by atoms with Gasteiger partial charge in [0.2, 0.25) is 0 Å². The molecule has 1 aromatic heterocycles. The van der Waals surface area contributed by atoms with Gasteiger partial charge in [0.05, 0.1) is 6.20 Å². The Morgan fingerprint density at radius 3 is 2.80 bits per heavy atom. The Morgan fingerprint density at radius 1 is 1.70 bits per heavy atom. The Balaban J connectivity index is 3.29. The fourth-order valence-electron chi connectivity index (χ4n) is 0.531. The molecule has 0 fully saturated rings. The molecule has 10 heavy (non-hydrogen) atoms. The second-order valence-electron chi connectivity index (χ2n) is 1.76. The Hall–Kier alpha value is -1.52. The van der Waals surface area contributed by atoms with E-state index in [1.165, 1.54) is 6.92 Å². The van der Waals surface area contributed by atoms with E-state index < -0.39 is 5.56 Å². The summed E-state index contributed by atoms with van der Waals surface area (Å²) in [5.74, 6) is -0.309. The van der Waals surface area contributed by atoms with E-state index in [0.717, 1.165) is 6.20 Å². The SMILES string of the molecule is CC(=O)c1cnn[nH]c1=O. The van der Waals surface area contributed by atoms with E-state index in [0.29, 0.717) is 0 Å². The van der Waals surface area contributed by atoms with Crippen LogP contribution in [0.3, 0.4) is 0 Å². The minimum Gasteiger partial charge on any atom is -0.294 e. The maximum Gasteiger partial charge on any atom is 0.277 e. The average molecular weight is 139 g/mol. The summed E-state index contributed by atoms with van der Waals surface area (Å²) in [7, 11) is 0. The third-order valence-electron chi connectivity index (χ3n) is 1.02. The van der Waals surface area contributed by atoms with E-state index in [-0.39, 0.29) is 11.3 Å². The normalized spacial score (nSPS) is 9.30. The molecule has 0 radical (unpaired) electrons. The molecule has 5 nitrogen and oxygen atoms in total. The molecule has 1 N–H and O–H groups in total. The lowest BCUT2D eigenvalue weighted by atomic mass is 10.2. The van der Waals surface area contributed by atoms with Gasteiger partial charge in [0.15, 0.2) is 5.78 Å². The number of aromatic nitrogens is 3. The first kappa shape index (κ1) is 6.60. The van der Waals surface area contributed by atoms with Crippen LogP contribution in [0, 0.1) is 0 Å². The van der Waals surface area contributed by atoms with Gasteiger partial charge in [0.1, 0.15) is 5.56 Å². The molecular weight excluding hydrogens is 134 g/mol. The van der Waals surface area contributed by atoms with Crippen molar-refractivity contribution >= 4 is 5.78 Å². The van der Waals surface area contributed by atoms with Crippen LogP contribution < -0.4 is 5.56 Å². The van der Waals surface area contributed by atoms with Crippen molar-refractivity contribution in [2.75, 3.05) is 0 Å². The Kier molecular flexibility index (Phi) is 1.57. The molecule has 0 spiro atoms. The summed E-state index contributed by atoms with van der Waals surface area (Å²) in [5, 5.41) is 8.57. The predicted octanol–water partition coefficient (Wildman–Crippen LogP) is -0.633. The molecule has 1 aromatic rings. The highest BCUT2D eigenvalue weighted by atomic mass is 16.1. The molecule has 0 saturated heterocycles. The monoisotopic (exact) mass is 139 g/mol. The third-order valence-corrected chi connectivity index (χ3v) is 1.02. The highest BCUT2D eigenvalue weighted by Crippen LogP contribution is 1.84. The fourth-order valence-corrected chi connectivity index (χ4v) is 0.531. The first-order chi connectivity index (χ1) is 4.72. The van der Waals surface area contributed by atoms with Gasteiger partial charge < -0.3 is 0 Å². The molecular formula is C5H5N3O2. The Labute approximate surface area is 56.1 Å². The van der Waals surface area contributed by atoms with Crippen molar-refractivity contribution in [2.45, 2.75) is 6.92 Å². The summed E-state index contributed by atoms with van der Waals surface area (Å²) in [6.45, 7) is 1.30. The van der Waals surface area contributed by atoms with Crippen LogP contribution in [-0.2, 0) is 0 Å². The van der Waals surface area contributed by atoms with Crippen molar-refractivity contribution in [3.8, 4) is 0 Å². The molecule has 0 aliphatic carbocycles. The zero-order valence-electron chi connectivity index (χ0n) is 5.29. The summed E-state index contributed by atoms with van der Waals surface area (Å²) in [6, 6.07) is 0. The van der Waals surface area contributed by atoms with E-state index in [4.69, 9.17) is 0 Å². The summed E-state index contributed by atoms with van der Waals surface area (Å²) >= 11 is 0. The predicted molar refractivity (Wildman–Crippen MR) is 32.7 cm³/mol. The van der Waals surface area contributed by atoms with Gasteiger partial charge in [-0.15, -0.1) is 5.10 Å². The molecule has 0 aliphatic heterocycles. The molecule has 5 heteroatoms. The number of nitrogens with one attached hydrogen (secondary N) is 1. The van der Waals surface area contributed by atoms with Crippen molar-refractivity contribution < 1.29 is 4.79 Å². The van der Waals surface area contributed by atoms with Crippen molar-refractivity contribution in [1.82, 2.24) is 15.4 Å². The summed E-state index contributed by atoms with van der Waals surface area (Å²) in [6.07, 6.45) is 1.14. The highest BCUT2D eigenvalue weighted by molar-refractivity contribution is 5.93. The minimum absolute atomic E-state index is 0.0370. The molecule has 0 aromatic carbocycles. The van der Waals surface area contributed by atoms with Crippen LogP contribution >= 0.6 is 0 Å². The van der Waals surface area contributed by atoms with Crippen LogP contribution in [0.5, 0.6) is 0 Å². The molecule has 1 rings (SSSR count). The number of ketones is 1. The van der Waals surface area contributed by atoms with Crippen molar-refractivity contribution in [1.29, 1.82) is 0 Å². The number of aromatic amines is 1. The second kappa shape index (κ2) is 2.38. The number of carbonyl (C=O) groups is 1. The highest BCUT2D eigenvalue weighted by Gasteiger charge is 2.02. The van der Waals surface area contributed by atoms with E-state index in [2.05, 4.69) is 10.3 Å². The number of nitrogens with zero attached hydrogens (tertiary/aromatic N) is 2. The summed E-state index contributed by atoms with van der Waals surface area (Å²) < 4.78 is 0. The van der Waals surface area contributed by atoms with Gasteiger partial charge in [0.25, 0.3) is 5.56 Å². The standard InChI is InChI=1S/C5H5N3O2/c1-3(9)4-2-6-8-7-5(4)10/h2H,1H3,(H,6,7,10). The van der Waals surface area contributed by atoms with Crippen molar-refractivity contribution in [3.05, 3.63) is 22.1 Å². The average Bonchev–Trinajstić information content (AvgIpc) is 1.88. The first-order valence-electron chi connectivity index (χ1n) is 2.63. The number of Topliss-reactive ketones (excluding diaryl/α,β-unsaturated/α-hetero) is 1. The van der Waals surface area contributed by atoms with Crippen LogP contribution in [0.4, 0.5) is 0 Å². The van der Waals surface area contributed by atoms with Gasteiger partial charge in [-0.05, 0) is 6.92 Å². The van der Waals surface area contributed by atoms with Gasteiger partial charge >= 0.3 is 0 Å². The number of hydrogen-bond donors (Lipinski definition) is 1. The smallest absolute Gasteiger partial charge is 0.277 e. The fraction of sp³-hybridized carbons (Fsp3) is 0.200. The van der Waals surface area contributed by atoms with Gasteiger partial charge in [-0.25, -0.2) is 5.10 Å². The van der Waals surface area contributed by atoms with E-state index in [1.54, 1.807) is 0 Å². The van der Waals surface area contributed by atoms with Gasteiger partial charge in [0, 0.05) is 0 Å². The first-order valence-corrected chi connectivity index (χ1v) is 2.63. The minimum atomic E-state index is -0.498. The molecule has 52 valence electrons. The zero-order valence-corrected chi connectivity index (χ0v) is 5.29. The Bertz CT molecular complexity index is 304. The maximum absolute atomic E-state index is 10.7. The topological polar surface area (TPSA) is 75.7 Å². The van der Waals surface area contributed by atoms with E-state index in [9.17, 15) is 9.59 Å². The van der Waals surface area contributed by atoms with Crippen LogP contribution in [0.15, 0.2) is 11.0 Å². The van der Waals surface area contributed by atoms with Gasteiger partial charge in [-0.2, -0.15) is 0 Å². The van der Waals surface area contributed by atoms with Crippen LogP contribution in [-0.4, -0.2) is 21.2 Å². The second-order valence-corrected chi connectivity index (χ2v) is 1.76. The molecule has 0 bridgehead atoms. The molecule has 0 amide bonds. The van der Waals surface area contributed by atoms with Crippen molar-refractivity contribution in [3.63, 3.8) is 0 Å². The molecule has 0 aliphatic rings. The zero-order chi connectivity index (χ0) is 7.56. The van der Waals surface area contributed by atoms with Crippen LogP contribution in [0.1, 0.15) is 17.3 Å². The van der Waals surface area contributed by atoms with Crippen LogP contribution in [0.25, 0.3) is 0 Å². The van der Waals surface area contributed by atoms with Crippen molar-refractivity contribution in [2.24, 2.45) is 0 Å². The number of hydrogen-bond acceptors (Lipinski definition) is 4. The van der Waals surface area contributed by atoms with Gasteiger partial charge in [-0.1, -0.05) is 5.21 Å². The maximum atomic E-state index is 10.7. The summed E-state index contributed by atoms with van der Waals surface area (Å²) in [4.78, 5) is 21.3. The summed E-state index contributed by atoms with van der Waals surface area (Å²) in [5.41, 5.74) is -0.461.